The minimum Gasteiger partial charge on any atom is -0.396 e. The van der Waals surface area contributed by atoms with E-state index < -0.39 is 6.10 Å². The number of hydrogen-bond acceptors (Lipinski definition) is 3. The predicted octanol–water partition coefficient (Wildman–Crippen LogP) is 1.91. The summed E-state index contributed by atoms with van der Waals surface area (Å²) in [5.74, 6) is 0.234. The number of rotatable bonds is 9. The topological polar surface area (TPSA) is 57.5 Å². The molecule has 3 nitrogen and oxygen atoms in total. The molecule has 0 saturated heterocycles. The van der Waals surface area contributed by atoms with E-state index in [-0.39, 0.29) is 18.3 Å². The van der Waals surface area contributed by atoms with Gasteiger partial charge >= 0.3 is 0 Å². The molecule has 15 heavy (non-hydrogen) atoms. The second-order valence-electron chi connectivity index (χ2n) is 4.08. The largest absolute Gasteiger partial charge is 0.396 e. The van der Waals surface area contributed by atoms with E-state index in [1.54, 1.807) is 0 Å². The van der Waals surface area contributed by atoms with Crippen molar-refractivity contribution in [2.24, 2.45) is 5.92 Å². The first-order valence-corrected chi connectivity index (χ1v) is 5.96. The molecule has 2 unspecified atom stereocenters. The normalized spacial score (nSPS) is 14.9. The SMILES string of the molecule is CCCC(O)C(CCCO)CC(=O)CC. The molecule has 2 atom stereocenters. The third kappa shape index (κ3) is 6.63. The first-order valence-electron chi connectivity index (χ1n) is 5.96. The van der Waals surface area contributed by atoms with Crippen LogP contribution in [-0.4, -0.2) is 28.7 Å². The van der Waals surface area contributed by atoms with Crippen LogP contribution in [0.25, 0.3) is 0 Å². The molecule has 0 aromatic carbocycles. The van der Waals surface area contributed by atoms with Crippen LogP contribution in [0.2, 0.25) is 0 Å². The number of ketones is 1. The molecular weight excluding hydrogens is 192 g/mol. The molecule has 0 spiro atoms. The number of carbonyl (C=O) groups is 1. The Morgan fingerprint density at radius 1 is 1.27 bits per heavy atom. The zero-order valence-corrected chi connectivity index (χ0v) is 9.91. The average molecular weight is 216 g/mol. The van der Waals surface area contributed by atoms with E-state index in [1.165, 1.54) is 0 Å². The van der Waals surface area contributed by atoms with Crippen molar-refractivity contribution in [3.05, 3.63) is 0 Å². The van der Waals surface area contributed by atoms with Gasteiger partial charge in [0.2, 0.25) is 0 Å². The maximum Gasteiger partial charge on any atom is 0.133 e. The molecular formula is C12H24O3. The highest BCUT2D eigenvalue weighted by molar-refractivity contribution is 5.78. The Kier molecular flexibility index (Phi) is 8.62. The van der Waals surface area contributed by atoms with Crippen molar-refractivity contribution in [1.82, 2.24) is 0 Å². The van der Waals surface area contributed by atoms with Crippen molar-refractivity contribution >= 4 is 5.78 Å². The Labute approximate surface area is 92.5 Å². The smallest absolute Gasteiger partial charge is 0.133 e. The molecule has 0 rings (SSSR count). The van der Waals surface area contributed by atoms with Gasteiger partial charge in [0.05, 0.1) is 6.10 Å². The maximum atomic E-state index is 11.3. The van der Waals surface area contributed by atoms with Crippen LogP contribution in [-0.2, 0) is 4.79 Å². The fraction of sp³-hybridized carbons (Fsp3) is 0.917. The van der Waals surface area contributed by atoms with Crippen molar-refractivity contribution in [3.63, 3.8) is 0 Å². The molecule has 0 amide bonds. The van der Waals surface area contributed by atoms with Gasteiger partial charge in [-0.1, -0.05) is 20.3 Å². The number of aliphatic hydroxyl groups excluding tert-OH is 2. The van der Waals surface area contributed by atoms with Gasteiger partial charge in [0.15, 0.2) is 0 Å². The summed E-state index contributed by atoms with van der Waals surface area (Å²) in [5, 5.41) is 18.6. The van der Waals surface area contributed by atoms with Crippen LogP contribution in [0.5, 0.6) is 0 Å². The standard InChI is InChI=1S/C12H24O3/c1-3-6-12(15)10(7-5-8-13)9-11(14)4-2/h10,12-13,15H,3-9H2,1-2H3. The van der Waals surface area contributed by atoms with E-state index in [1.807, 2.05) is 13.8 Å². The van der Waals surface area contributed by atoms with Gasteiger partial charge in [0.1, 0.15) is 5.78 Å². The van der Waals surface area contributed by atoms with E-state index in [9.17, 15) is 9.90 Å². The lowest BCUT2D eigenvalue weighted by Crippen LogP contribution is -2.23. The lowest BCUT2D eigenvalue weighted by Gasteiger charge is -2.21. The fourth-order valence-electron chi connectivity index (χ4n) is 1.75. The van der Waals surface area contributed by atoms with Gasteiger partial charge in [-0.2, -0.15) is 0 Å². The minimum absolute atomic E-state index is 0.0320. The van der Waals surface area contributed by atoms with Gasteiger partial charge in [0, 0.05) is 19.4 Å². The van der Waals surface area contributed by atoms with Gasteiger partial charge in [-0.05, 0) is 25.2 Å². The van der Waals surface area contributed by atoms with Crippen molar-refractivity contribution in [2.45, 2.75) is 58.5 Å². The van der Waals surface area contributed by atoms with Crippen LogP contribution in [0.1, 0.15) is 52.4 Å². The summed E-state index contributed by atoms with van der Waals surface area (Å²) in [4.78, 5) is 11.3. The minimum atomic E-state index is -0.392. The maximum absolute atomic E-state index is 11.3. The van der Waals surface area contributed by atoms with Gasteiger partial charge in [0.25, 0.3) is 0 Å². The van der Waals surface area contributed by atoms with Crippen molar-refractivity contribution in [3.8, 4) is 0 Å². The van der Waals surface area contributed by atoms with E-state index in [0.717, 1.165) is 19.3 Å². The first kappa shape index (κ1) is 14.6. The van der Waals surface area contributed by atoms with Gasteiger partial charge < -0.3 is 10.2 Å². The highest BCUT2D eigenvalue weighted by Crippen LogP contribution is 2.20. The Morgan fingerprint density at radius 2 is 1.93 bits per heavy atom. The second-order valence-corrected chi connectivity index (χ2v) is 4.08. The summed E-state index contributed by atoms with van der Waals surface area (Å²) < 4.78 is 0. The Morgan fingerprint density at radius 3 is 2.40 bits per heavy atom. The summed E-state index contributed by atoms with van der Waals surface area (Å²) in [6.07, 6.45) is 3.68. The monoisotopic (exact) mass is 216 g/mol. The number of carbonyl (C=O) groups excluding carboxylic acids is 1. The molecule has 0 aliphatic heterocycles. The Hall–Kier alpha value is -0.410. The van der Waals surface area contributed by atoms with Gasteiger partial charge in [-0.15, -0.1) is 0 Å². The molecule has 0 aromatic heterocycles. The van der Waals surface area contributed by atoms with E-state index in [4.69, 9.17) is 5.11 Å². The summed E-state index contributed by atoms with van der Waals surface area (Å²) in [7, 11) is 0. The highest BCUT2D eigenvalue weighted by Gasteiger charge is 2.20. The van der Waals surface area contributed by atoms with Crippen molar-refractivity contribution < 1.29 is 15.0 Å². The predicted molar refractivity (Wildman–Crippen MR) is 60.6 cm³/mol. The molecule has 0 saturated carbocycles. The Balaban J connectivity index is 4.09. The lowest BCUT2D eigenvalue weighted by molar-refractivity contribution is -0.120. The van der Waals surface area contributed by atoms with Crippen LogP contribution >= 0.6 is 0 Å². The van der Waals surface area contributed by atoms with Gasteiger partial charge in [-0.3, -0.25) is 4.79 Å². The van der Waals surface area contributed by atoms with Crippen LogP contribution in [0.3, 0.4) is 0 Å². The van der Waals surface area contributed by atoms with Crippen LogP contribution in [0.4, 0.5) is 0 Å². The van der Waals surface area contributed by atoms with Crippen LogP contribution < -0.4 is 0 Å². The quantitative estimate of drug-likeness (QED) is 0.619. The molecule has 0 radical (unpaired) electrons. The molecule has 90 valence electrons. The van der Waals surface area contributed by atoms with Gasteiger partial charge in [-0.25, -0.2) is 0 Å². The third-order valence-electron chi connectivity index (χ3n) is 2.75. The number of hydrogen-bond donors (Lipinski definition) is 2. The molecule has 3 heteroatoms. The summed E-state index contributed by atoms with van der Waals surface area (Å²) in [6.45, 7) is 4.00. The number of aliphatic hydroxyl groups is 2. The molecule has 0 fully saturated rings. The molecule has 0 heterocycles. The third-order valence-corrected chi connectivity index (χ3v) is 2.75. The van der Waals surface area contributed by atoms with Crippen LogP contribution in [0.15, 0.2) is 0 Å². The fourth-order valence-corrected chi connectivity index (χ4v) is 1.75. The second kappa shape index (κ2) is 8.86. The molecule has 2 N–H and O–H groups in total. The number of Topliss-reactive ketones (excluding diaryl/α,β-unsaturated/α-hetero) is 1. The zero-order chi connectivity index (χ0) is 11.7. The van der Waals surface area contributed by atoms with Crippen molar-refractivity contribution in [2.75, 3.05) is 6.61 Å². The van der Waals surface area contributed by atoms with Crippen LogP contribution in [0, 0.1) is 5.92 Å². The summed E-state index contributed by atoms with van der Waals surface area (Å²) in [5.41, 5.74) is 0. The zero-order valence-electron chi connectivity index (χ0n) is 9.91. The summed E-state index contributed by atoms with van der Waals surface area (Å²) in [6, 6.07) is 0. The molecule has 0 aliphatic rings. The Bertz CT molecular complexity index is 168. The lowest BCUT2D eigenvalue weighted by atomic mass is 9.89. The van der Waals surface area contributed by atoms with Crippen molar-refractivity contribution in [1.29, 1.82) is 0 Å². The van der Waals surface area contributed by atoms with E-state index >= 15 is 0 Å². The van der Waals surface area contributed by atoms with E-state index in [0.29, 0.717) is 19.3 Å². The molecule has 0 aliphatic carbocycles. The molecule has 0 aromatic rings. The molecule has 0 bridgehead atoms. The highest BCUT2D eigenvalue weighted by atomic mass is 16.3. The van der Waals surface area contributed by atoms with E-state index in [2.05, 4.69) is 0 Å². The summed E-state index contributed by atoms with van der Waals surface area (Å²) >= 11 is 0. The first-order chi connectivity index (χ1) is 7.15. The average Bonchev–Trinajstić information content (AvgIpc) is 2.24.